The van der Waals surface area contributed by atoms with Gasteiger partial charge >= 0.3 is 12.2 Å². The molecular weight excluding hydrogens is 711 g/mol. The third-order valence-electron chi connectivity index (χ3n) is 10.8. The highest BCUT2D eigenvalue weighted by molar-refractivity contribution is 5.87. The van der Waals surface area contributed by atoms with E-state index in [4.69, 9.17) is 24.2 Å². The summed E-state index contributed by atoms with van der Waals surface area (Å²) in [6.07, 6.45) is 4.12. The Kier molecular flexibility index (Phi) is 10.6. The number of likely N-dealkylation sites (tertiary alicyclic amines) is 1. The van der Waals surface area contributed by atoms with Gasteiger partial charge in [-0.3, -0.25) is 4.79 Å². The Morgan fingerprint density at radius 1 is 1.02 bits per heavy atom. The van der Waals surface area contributed by atoms with Crippen LogP contribution in [0.25, 0.3) is 33.6 Å². The maximum absolute atomic E-state index is 13.8. The second kappa shape index (κ2) is 15.3. The maximum Gasteiger partial charge on any atom is 0.410 e. The van der Waals surface area contributed by atoms with Crippen LogP contribution in [0.15, 0.2) is 36.5 Å². The number of aromatic amines is 2. The molecule has 2 aromatic carbocycles. The number of rotatable bonds is 9. The fourth-order valence-corrected chi connectivity index (χ4v) is 8.18. The third-order valence-corrected chi connectivity index (χ3v) is 10.8. The number of nitrogens with one attached hydrogen (secondary N) is 3. The first kappa shape index (κ1) is 38.9. The molecule has 3 amide bonds. The van der Waals surface area contributed by atoms with Gasteiger partial charge < -0.3 is 39.3 Å². The molecule has 13 nitrogen and oxygen atoms in total. The highest BCUT2D eigenvalue weighted by atomic mass is 16.6. The number of fused-ring (bicyclic) bond motifs is 6. The highest BCUT2D eigenvalue weighted by Crippen LogP contribution is 2.45. The largest absolute Gasteiger partial charge is 0.488 e. The molecule has 298 valence electrons. The lowest BCUT2D eigenvalue weighted by molar-refractivity contribution is -0.137. The number of carbonyl (C=O) groups excluding carboxylic acids is 3. The Morgan fingerprint density at radius 2 is 1.80 bits per heavy atom. The van der Waals surface area contributed by atoms with E-state index in [0.717, 1.165) is 88.0 Å². The van der Waals surface area contributed by atoms with Crippen LogP contribution in [0.1, 0.15) is 103 Å². The van der Waals surface area contributed by atoms with Gasteiger partial charge in [0, 0.05) is 23.7 Å². The zero-order chi connectivity index (χ0) is 40.1. The monoisotopic (exact) mass is 765 g/mol. The van der Waals surface area contributed by atoms with Crippen molar-refractivity contribution in [3.63, 3.8) is 0 Å². The number of hydrogen-bond donors (Lipinski definition) is 3. The molecule has 1 fully saturated rings. The standard InChI is InChI=1S/C43H55N7O6/c1-23(2)20-49(42(53)56-43(6,7)8)21-36-45-32-14-12-26-17-31-29-13-11-27(16-28(29)22-55-35(31)18-30(26)38(32)47-36)33-19-44-39(46-33)34-15-10-25(5)50(34)40(51)37(24(3)4)48-41(52)54-9/h11,13,16-19,23-25,34,37H,10,12,14-15,20-22H2,1-9H3,(H,44,46)(H,45,47)(H,48,52)/t25-,34-,37-/m0/s1. The number of alkyl carbamates (subject to hydrolysis) is 1. The van der Waals surface area contributed by atoms with Crippen molar-refractivity contribution in [3.05, 3.63) is 65.0 Å². The molecule has 13 heteroatoms. The summed E-state index contributed by atoms with van der Waals surface area (Å²) >= 11 is 0. The first-order chi connectivity index (χ1) is 26.6. The molecule has 3 atom stereocenters. The minimum Gasteiger partial charge on any atom is -0.488 e. The van der Waals surface area contributed by atoms with Gasteiger partial charge in [0.05, 0.1) is 43.0 Å². The van der Waals surface area contributed by atoms with E-state index in [1.807, 2.05) is 52.6 Å². The van der Waals surface area contributed by atoms with Gasteiger partial charge in [-0.25, -0.2) is 19.6 Å². The summed E-state index contributed by atoms with van der Waals surface area (Å²) in [4.78, 5) is 59.4. The molecule has 2 aromatic heterocycles. The molecule has 3 N–H and O–H groups in total. The molecule has 0 bridgehead atoms. The Balaban J connectivity index is 1.10. The van der Waals surface area contributed by atoms with Gasteiger partial charge in [-0.2, -0.15) is 0 Å². The fraction of sp³-hybridized carbons (Fsp3) is 0.512. The summed E-state index contributed by atoms with van der Waals surface area (Å²) in [5.74, 6) is 2.31. The molecule has 1 saturated heterocycles. The topological polar surface area (TPSA) is 155 Å². The van der Waals surface area contributed by atoms with Crippen molar-refractivity contribution in [2.24, 2.45) is 11.8 Å². The molecular formula is C43H55N7O6. The number of aromatic nitrogens is 4. The number of methoxy groups -OCH3 is 1. The Bertz CT molecular complexity index is 2130. The van der Waals surface area contributed by atoms with Crippen LogP contribution in [0.3, 0.4) is 0 Å². The summed E-state index contributed by atoms with van der Waals surface area (Å²) in [7, 11) is 1.30. The summed E-state index contributed by atoms with van der Waals surface area (Å²) < 4.78 is 16.9. The minimum atomic E-state index is -0.704. The summed E-state index contributed by atoms with van der Waals surface area (Å²) in [6.45, 7) is 17.0. The normalized spacial score (nSPS) is 17.7. The van der Waals surface area contributed by atoms with Gasteiger partial charge in [-0.1, -0.05) is 39.8 Å². The Labute approximate surface area is 328 Å². The van der Waals surface area contributed by atoms with E-state index in [9.17, 15) is 14.4 Å². The van der Waals surface area contributed by atoms with Crippen molar-refractivity contribution in [3.8, 4) is 39.4 Å². The molecule has 0 spiro atoms. The summed E-state index contributed by atoms with van der Waals surface area (Å²) in [5.41, 5.74) is 8.82. The van der Waals surface area contributed by atoms with Crippen molar-refractivity contribution in [2.75, 3.05) is 13.7 Å². The third kappa shape index (κ3) is 7.85. The van der Waals surface area contributed by atoms with E-state index < -0.39 is 17.7 Å². The summed E-state index contributed by atoms with van der Waals surface area (Å²) in [6, 6.07) is 9.84. The van der Waals surface area contributed by atoms with Crippen molar-refractivity contribution in [1.29, 1.82) is 0 Å². The second-order valence-corrected chi connectivity index (χ2v) is 17.2. The van der Waals surface area contributed by atoms with E-state index in [-0.39, 0.29) is 35.9 Å². The van der Waals surface area contributed by atoms with Gasteiger partial charge in [0.2, 0.25) is 5.91 Å². The average Bonchev–Trinajstić information content (AvgIpc) is 3.89. The second-order valence-electron chi connectivity index (χ2n) is 17.2. The number of amides is 3. The van der Waals surface area contributed by atoms with Gasteiger partial charge in [-0.15, -0.1) is 0 Å². The number of ether oxygens (including phenoxy) is 3. The number of carbonyl (C=O) groups is 3. The lowest BCUT2D eigenvalue weighted by atomic mass is 9.86. The van der Waals surface area contributed by atoms with Crippen molar-refractivity contribution < 1.29 is 28.6 Å². The Morgan fingerprint density at radius 3 is 2.52 bits per heavy atom. The molecule has 7 rings (SSSR count). The van der Waals surface area contributed by atoms with Crippen molar-refractivity contribution >= 4 is 18.1 Å². The van der Waals surface area contributed by atoms with Crippen LogP contribution in [0, 0.1) is 11.8 Å². The van der Waals surface area contributed by atoms with Crippen molar-refractivity contribution in [1.82, 2.24) is 35.1 Å². The zero-order valence-corrected chi connectivity index (χ0v) is 34.0. The number of aryl methyl sites for hydroxylation is 2. The highest BCUT2D eigenvalue weighted by Gasteiger charge is 2.41. The lowest BCUT2D eigenvalue weighted by Crippen LogP contribution is -2.52. The molecule has 0 saturated carbocycles. The quantitative estimate of drug-likeness (QED) is 0.155. The molecule has 3 aliphatic rings. The van der Waals surface area contributed by atoms with Crippen LogP contribution in [-0.2, 0) is 40.3 Å². The van der Waals surface area contributed by atoms with Crippen LogP contribution in [-0.4, -0.2) is 79.2 Å². The van der Waals surface area contributed by atoms with E-state index in [2.05, 4.69) is 59.5 Å². The Hall–Kier alpha value is -5.33. The number of benzene rings is 2. The van der Waals surface area contributed by atoms with Crippen LogP contribution < -0.4 is 10.1 Å². The van der Waals surface area contributed by atoms with Gasteiger partial charge in [0.25, 0.3) is 0 Å². The van der Waals surface area contributed by atoms with E-state index >= 15 is 0 Å². The van der Waals surface area contributed by atoms with Crippen LogP contribution in [0.2, 0.25) is 0 Å². The predicted molar refractivity (Wildman–Crippen MR) is 213 cm³/mol. The molecule has 1 aliphatic carbocycles. The lowest BCUT2D eigenvalue weighted by Gasteiger charge is -2.32. The zero-order valence-electron chi connectivity index (χ0n) is 34.0. The maximum atomic E-state index is 13.8. The SMILES string of the molecule is COC(=O)N[C@H](C(=O)N1[C@@H](C)CC[C@H]1c1ncc(-c2ccc3c(c2)COc2cc4c(cc2-3)CCc2nc(CN(CC(C)C)C(=O)OC(C)(C)C)[nH]c2-4)[nH]1)C(C)C. The number of imidazole rings is 2. The van der Waals surface area contributed by atoms with E-state index in [1.54, 1.807) is 4.90 Å². The molecule has 4 aromatic rings. The van der Waals surface area contributed by atoms with Crippen LogP contribution >= 0.6 is 0 Å². The van der Waals surface area contributed by atoms with Gasteiger partial charge in [0.1, 0.15) is 35.6 Å². The summed E-state index contributed by atoms with van der Waals surface area (Å²) in [5, 5.41) is 2.73. The van der Waals surface area contributed by atoms with E-state index in [1.165, 1.54) is 12.7 Å². The van der Waals surface area contributed by atoms with Crippen molar-refractivity contribution in [2.45, 2.75) is 118 Å². The molecule has 0 unspecified atom stereocenters. The predicted octanol–water partition coefficient (Wildman–Crippen LogP) is 7.95. The fourth-order valence-electron chi connectivity index (χ4n) is 8.18. The average molecular weight is 766 g/mol. The molecule has 4 heterocycles. The molecule has 0 radical (unpaired) electrons. The van der Waals surface area contributed by atoms with E-state index in [0.29, 0.717) is 19.7 Å². The number of hydrogen-bond acceptors (Lipinski definition) is 8. The first-order valence-electron chi connectivity index (χ1n) is 19.8. The molecule has 56 heavy (non-hydrogen) atoms. The van der Waals surface area contributed by atoms with Gasteiger partial charge in [-0.05, 0) is 106 Å². The number of nitrogens with zero attached hydrogens (tertiary/aromatic N) is 4. The molecule has 2 aliphatic heterocycles. The first-order valence-corrected chi connectivity index (χ1v) is 19.8. The van der Waals surface area contributed by atoms with Gasteiger partial charge in [0.15, 0.2) is 0 Å². The smallest absolute Gasteiger partial charge is 0.410 e. The number of H-pyrrole nitrogens is 2. The van der Waals surface area contributed by atoms with Crippen LogP contribution in [0.4, 0.5) is 9.59 Å². The van der Waals surface area contributed by atoms with Crippen LogP contribution in [0.5, 0.6) is 5.75 Å². The minimum absolute atomic E-state index is 0.000372.